The van der Waals surface area contributed by atoms with Crippen molar-refractivity contribution in [2.24, 2.45) is 5.92 Å². The number of methoxy groups -OCH3 is 2. The standard InChI is InChI=1S/C20H24FNO3/c1-14(12-15-8-9-18(24-2)19(13-15)25-3)20(23)22-11-10-16-6-4-5-7-17(16)21/h4-9,13-14H,10-12H2,1-3H3,(H,22,23). The average molecular weight is 345 g/mol. The first-order valence-corrected chi connectivity index (χ1v) is 8.27. The predicted molar refractivity (Wildman–Crippen MR) is 95.5 cm³/mol. The smallest absolute Gasteiger partial charge is 0.223 e. The SMILES string of the molecule is COc1ccc(CC(C)C(=O)NCCc2ccccc2F)cc1OC. The monoisotopic (exact) mass is 345 g/mol. The lowest BCUT2D eigenvalue weighted by Crippen LogP contribution is -2.32. The molecular weight excluding hydrogens is 321 g/mol. The normalized spacial score (nSPS) is 11.7. The lowest BCUT2D eigenvalue weighted by molar-refractivity contribution is -0.124. The van der Waals surface area contributed by atoms with Gasteiger partial charge in [-0.2, -0.15) is 0 Å². The van der Waals surface area contributed by atoms with Crippen molar-refractivity contribution in [2.45, 2.75) is 19.8 Å². The summed E-state index contributed by atoms with van der Waals surface area (Å²) in [4.78, 5) is 12.2. The van der Waals surface area contributed by atoms with Crippen LogP contribution in [0.15, 0.2) is 42.5 Å². The van der Waals surface area contributed by atoms with Crippen LogP contribution in [0.4, 0.5) is 4.39 Å². The van der Waals surface area contributed by atoms with Crippen LogP contribution in [-0.2, 0) is 17.6 Å². The number of hydrogen-bond acceptors (Lipinski definition) is 3. The molecular formula is C20H24FNO3. The largest absolute Gasteiger partial charge is 0.493 e. The van der Waals surface area contributed by atoms with Crippen LogP contribution in [0.1, 0.15) is 18.1 Å². The van der Waals surface area contributed by atoms with Gasteiger partial charge >= 0.3 is 0 Å². The molecule has 4 nitrogen and oxygen atoms in total. The molecule has 0 saturated heterocycles. The molecule has 2 aromatic carbocycles. The van der Waals surface area contributed by atoms with Crippen LogP contribution in [0.2, 0.25) is 0 Å². The Balaban J connectivity index is 1.87. The Kier molecular flexibility index (Phi) is 6.81. The van der Waals surface area contributed by atoms with Gasteiger partial charge in [-0.05, 0) is 42.2 Å². The van der Waals surface area contributed by atoms with Gasteiger partial charge in [-0.3, -0.25) is 4.79 Å². The fourth-order valence-corrected chi connectivity index (χ4v) is 2.65. The second-order valence-corrected chi connectivity index (χ2v) is 5.93. The van der Waals surface area contributed by atoms with Crippen molar-refractivity contribution < 1.29 is 18.7 Å². The second kappa shape index (κ2) is 9.06. The molecule has 0 saturated carbocycles. The van der Waals surface area contributed by atoms with Gasteiger partial charge in [0.25, 0.3) is 0 Å². The highest BCUT2D eigenvalue weighted by molar-refractivity contribution is 5.78. The molecule has 0 fully saturated rings. The third-order valence-electron chi connectivity index (χ3n) is 4.09. The van der Waals surface area contributed by atoms with Crippen molar-refractivity contribution in [2.75, 3.05) is 20.8 Å². The fourth-order valence-electron chi connectivity index (χ4n) is 2.65. The molecule has 0 aliphatic carbocycles. The summed E-state index contributed by atoms with van der Waals surface area (Å²) in [7, 11) is 3.17. The van der Waals surface area contributed by atoms with E-state index < -0.39 is 0 Å². The van der Waals surface area contributed by atoms with E-state index in [0.29, 0.717) is 36.4 Å². The minimum Gasteiger partial charge on any atom is -0.493 e. The van der Waals surface area contributed by atoms with Gasteiger partial charge in [-0.15, -0.1) is 0 Å². The Morgan fingerprint density at radius 2 is 1.84 bits per heavy atom. The number of nitrogens with one attached hydrogen (secondary N) is 1. The van der Waals surface area contributed by atoms with E-state index in [9.17, 15) is 9.18 Å². The van der Waals surface area contributed by atoms with E-state index in [1.54, 1.807) is 32.4 Å². The number of benzene rings is 2. The molecule has 1 N–H and O–H groups in total. The zero-order chi connectivity index (χ0) is 18.2. The fraction of sp³-hybridized carbons (Fsp3) is 0.350. The number of amides is 1. The summed E-state index contributed by atoms with van der Waals surface area (Å²) in [6, 6.07) is 12.2. The van der Waals surface area contributed by atoms with Crippen molar-refractivity contribution in [1.29, 1.82) is 0 Å². The zero-order valence-electron chi connectivity index (χ0n) is 14.8. The summed E-state index contributed by atoms with van der Waals surface area (Å²) in [6.07, 6.45) is 1.06. The topological polar surface area (TPSA) is 47.6 Å². The third kappa shape index (κ3) is 5.21. The molecule has 0 spiro atoms. The van der Waals surface area contributed by atoms with E-state index in [0.717, 1.165) is 5.56 Å². The number of hydrogen-bond donors (Lipinski definition) is 1. The van der Waals surface area contributed by atoms with Gasteiger partial charge in [0.15, 0.2) is 11.5 Å². The Labute approximate surface area is 148 Å². The summed E-state index contributed by atoms with van der Waals surface area (Å²) in [5, 5.41) is 2.87. The van der Waals surface area contributed by atoms with Crippen LogP contribution in [0.5, 0.6) is 11.5 Å². The first kappa shape index (κ1) is 18.8. The Hall–Kier alpha value is -2.56. The molecule has 0 aliphatic heterocycles. The molecule has 0 radical (unpaired) electrons. The van der Waals surface area contributed by atoms with Crippen LogP contribution in [0.25, 0.3) is 0 Å². The third-order valence-corrected chi connectivity index (χ3v) is 4.09. The molecule has 0 bridgehead atoms. The molecule has 1 amide bonds. The first-order valence-electron chi connectivity index (χ1n) is 8.27. The van der Waals surface area contributed by atoms with E-state index in [4.69, 9.17) is 9.47 Å². The van der Waals surface area contributed by atoms with Crippen molar-refractivity contribution in [3.63, 3.8) is 0 Å². The van der Waals surface area contributed by atoms with Gasteiger partial charge in [0.05, 0.1) is 14.2 Å². The highest BCUT2D eigenvalue weighted by atomic mass is 19.1. The summed E-state index contributed by atoms with van der Waals surface area (Å²) in [5.74, 6) is 0.820. The van der Waals surface area contributed by atoms with Gasteiger partial charge in [0, 0.05) is 12.5 Å². The Morgan fingerprint density at radius 1 is 1.12 bits per heavy atom. The van der Waals surface area contributed by atoms with Gasteiger partial charge in [-0.25, -0.2) is 4.39 Å². The Morgan fingerprint density at radius 3 is 2.52 bits per heavy atom. The molecule has 1 atom stereocenters. The summed E-state index contributed by atoms with van der Waals surface area (Å²) in [6.45, 7) is 2.28. The zero-order valence-corrected chi connectivity index (χ0v) is 14.8. The van der Waals surface area contributed by atoms with Gasteiger partial charge < -0.3 is 14.8 Å². The molecule has 0 heterocycles. The Bertz CT molecular complexity index is 718. The maximum absolute atomic E-state index is 13.6. The molecule has 2 rings (SSSR count). The van der Waals surface area contributed by atoms with Crippen LogP contribution >= 0.6 is 0 Å². The summed E-state index contributed by atoms with van der Waals surface area (Å²) in [5.41, 5.74) is 1.60. The van der Waals surface area contributed by atoms with E-state index >= 15 is 0 Å². The molecule has 25 heavy (non-hydrogen) atoms. The van der Waals surface area contributed by atoms with Crippen molar-refractivity contribution in [3.8, 4) is 11.5 Å². The number of rotatable bonds is 8. The van der Waals surface area contributed by atoms with Crippen LogP contribution in [-0.4, -0.2) is 26.7 Å². The molecule has 0 aliphatic rings. The molecule has 5 heteroatoms. The molecule has 134 valence electrons. The van der Waals surface area contributed by atoms with Gasteiger partial charge in [-0.1, -0.05) is 31.2 Å². The number of ether oxygens (including phenoxy) is 2. The molecule has 2 aromatic rings. The minimum absolute atomic E-state index is 0.0499. The minimum atomic E-state index is -0.241. The quantitative estimate of drug-likeness (QED) is 0.798. The first-order chi connectivity index (χ1) is 12.0. The predicted octanol–water partition coefficient (Wildman–Crippen LogP) is 3.38. The van der Waals surface area contributed by atoms with E-state index in [2.05, 4.69) is 5.32 Å². The van der Waals surface area contributed by atoms with Crippen molar-refractivity contribution in [1.82, 2.24) is 5.32 Å². The lowest BCUT2D eigenvalue weighted by Gasteiger charge is -2.14. The van der Waals surface area contributed by atoms with E-state index in [-0.39, 0.29) is 17.6 Å². The summed E-state index contributed by atoms with van der Waals surface area (Å²) < 4.78 is 24.1. The highest BCUT2D eigenvalue weighted by Crippen LogP contribution is 2.28. The van der Waals surface area contributed by atoms with Gasteiger partial charge in [0.1, 0.15) is 5.82 Å². The van der Waals surface area contributed by atoms with E-state index in [1.807, 2.05) is 25.1 Å². The highest BCUT2D eigenvalue weighted by Gasteiger charge is 2.15. The number of halogens is 1. The maximum atomic E-state index is 13.6. The van der Waals surface area contributed by atoms with E-state index in [1.165, 1.54) is 6.07 Å². The number of carbonyl (C=O) groups is 1. The lowest BCUT2D eigenvalue weighted by atomic mass is 10.00. The van der Waals surface area contributed by atoms with Crippen molar-refractivity contribution in [3.05, 3.63) is 59.4 Å². The van der Waals surface area contributed by atoms with Crippen LogP contribution in [0.3, 0.4) is 0 Å². The molecule has 1 unspecified atom stereocenters. The maximum Gasteiger partial charge on any atom is 0.223 e. The van der Waals surface area contributed by atoms with Crippen LogP contribution in [0, 0.1) is 11.7 Å². The second-order valence-electron chi connectivity index (χ2n) is 5.93. The molecule has 0 aromatic heterocycles. The van der Waals surface area contributed by atoms with Crippen molar-refractivity contribution >= 4 is 5.91 Å². The van der Waals surface area contributed by atoms with Crippen LogP contribution < -0.4 is 14.8 Å². The average Bonchev–Trinajstić information content (AvgIpc) is 2.63. The van der Waals surface area contributed by atoms with Gasteiger partial charge in [0.2, 0.25) is 5.91 Å². The summed E-state index contributed by atoms with van der Waals surface area (Å²) >= 11 is 0. The number of carbonyl (C=O) groups excluding carboxylic acids is 1.